The van der Waals surface area contributed by atoms with Gasteiger partial charge in [-0.15, -0.1) is 0 Å². The molecule has 0 aliphatic carbocycles. The normalized spacial score (nSPS) is 11.9. The maximum atomic E-state index is 13.1. The maximum absolute atomic E-state index is 13.1. The summed E-state index contributed by atoms with van der Waals surface area (Å²) < 4.78 is 13.1. The number of benzene rings is 2. The summed E-state index contributed by atoms with van der Waals surface area (Å²) in [5.41, 5.74) is 1.16. The maximum Gasteiger partial charge on any atom is 0.255 e. The van der Waals surface area contributed by atoms with Crippen LogP contribution in [0.3, 0.4) is 0 Å². The Hall–Kier alpha value is -2.36. The van der Waals surface area contributed by atoms with Gasteiger partial charge in [0.05, 0.1) is 5.56 Å². The molecule has 2 N–H and O–H groups in total. The van der Waals surface area contributed by atoms with Crippen molar-refractivity contribution in [1.82, 2.24) is 5.32 Å². The van der Waals surface area contributed by atoms with Crippen LogP contribution in [0.15, 0.2) is 48.5 Å². The number of aryl methyl sites for hydroxylation is 1. The number of hydrogen-bond acceptors (Lipinski definition) is 2. The summed E-state index contributed by atoms with van der Waals surface area (Å²) >= 11 is 0. The van der Waals surface area contributed by atoms with E-state index in [0.717, 1.165) is 25.0 Å². The summed E-state index contributed by atoms with van der Waals surface area (Å²) in [6.07, 6.45) is 1.61. The van der Waals surface area contributed by atoms with Gasteiger partial charge < -0.3 is 10.4 Å². The molecule has 0 spiro atoms. The zero-order valence-electron chi connectivity index (χ0n) is 11.8. The van der Waals surface area contributed by atoms with Crippen LogP contribution in [0, 0.1) is 5.82 Å². The Balaban J connectivity index is 1.91. The molecule has 1 unspecified atom stereocenters. The van der Waals surface area contributed by atoms with Crippen LogP contribution in [0.25, 0.3) is 0 Å². The third-order valence-corrected chi connectivity index (χ3v) is 3.29. The Kier molecular flexibility index (Phi) is 4.93. The third-order valence-electron chi connectivity index (χ3n) is 3.29. The average molecular weight is 287 g/mol. The number of carbonyl (C=O) groups excluding carboxylic acids is 1. The van der Waals surface area contributed by atoms with Gasteiger partial charge in [-0.1, -0.05) is 30.3 Å². The standard InChI is InChI=1S/C17H18FNO2/c1-12(7-8-13-5-3-2-4-6-13)19-17(21)15-11-14(18)9-10-16(15)20/h2-6,9-12,20H,7-8H2,1H3,(H,19,21). The van der Waals surface area contributed by atoms with E-state index in [2.05, 4.69) is 5.32 Å². The lowest BCUT2D eigenvalue weighted by Gasteiger charge is -2.14. The van der Waals surface area contributed by atoms with Gasteiger partial charge >= 0.3 is 0 Å². The molecule has 110 valence electrons. The molecule has 0 aromatic heterocycles. The number of hydrogen-bond donors (Lipinski definition) is 2. The van der Waals surface area contributed by atoms with Gasteiger partial charge in [0.15, 0.2) is 0 Å². The van der Waals surface area contributed by atoms with Gasteiger partial charge in [0.1, 0.15) is 11.6 Å². The van der Waals surface area contributed by atoms with Crippen LogP contribution in [0.4, 0.5) is 4.39 Å². The number of amides is 1. The van der Waals surface area contributed by atoms with Gasteiger partial charge in [0.25, 0.3) is 5.91 Å². The molecule has 0 aliphatic rings. The average Bonchev–Trinajstić information content (AvgIpc) is 2.48. The van der Waals surface area contributed by atoms with Crippen LogP contribution in [0.5, 0.6) is 5.75 Å². The molecule has 0 saturated heterocycles. The van der Waals surface area contributed by atoms with Crippen molar-refractivity contribution in [2.45, 2.75) is 25.8 Å². The van der Waals surface area contributed by atoms with E-state index in [1.54, 1.807) is 0 Å². The molecule has 21 heavy (non-hydrogen) atoms. The lowest BCUT2D eigenvalue weighted by molar-refractivity contribution is 0.0935. The SMILES string of the molecule is CC(CCc1ccccc1)NC(=O)c1cc(F)ccc1O. The van der Waals surface area contributed by atoms with Crippen molar-refractivity contribution in [3.8, 4) is 5.75 Å². The van der Waals surface area contributed by atoms with Crippen LogP contribution in [-0.2, 0) is 6.42 Å². The predicted octanol–water partition coefficient (Wildman–Crippen LogP) is 3.28. The fourth-order valence-electron chi connectivity index (χ4n) is 2.09. The number of nitrogens with one attached hydrogen (secondary N) is 1. The molecule has 1 amide bonds. The number of rotatable bonds is 5. The highest BCUT2D eigenvalue weighted by molar-refractivity contribution is 5.96. The molecule has 2 aromatic rings. The Morgan fingerprint density at radius 2 is 1.95 bits per heavy atom. The van der Waals surface area contributed by atoms with Crippen molar-refractivity contribution in [1.29, 1.82) is 0 Å². The molecule has 0 bridgehead atoms. The van der Waals surface area contributed by atoms with E-state index in [9.17, 15) is 14.3 Å². The largest absolute Gasteiger partial charge is 0.507 e. The van der Waals surface area contributed by atoms with E-state index in [-0.39, 0.29) is 17.4 Å². The number of aromatic hydroxyl groups is 1. The van der Waals surface area contributed by atoms with Crippen molar-refractivity contribution in [2.75, 3.05) is 0 Å². The van der Waals surface area contributed by atoms with Gasteiger partial charge in [-0.3, -0.25) is 4.79 Å². The molecule has 0 saturated carbocycles. The van der Waals surface area contributed by atoms with Gasteiger partial charge in [0, 0.05) is 6.04 Å². The molecular weight excluding hydrogens is 269 g/mol. The minimum absolute atomic E-state index is 0.0402. The number of phenolic OH excluding ortho intramolecular Hbond substituents is 1. The second kappa shape index (κ2) is 6.88. The van der Waals surface area contributed by atoms with Crippen molar-refractivity contribution in [3.05, 3.63) is 65.5 Å². The minimum atomic E-state index is -0.546. The topological polar surface area (TPSA) is 49.3 Å². The number of halogens is 1. The molecule has 0 aliphatic heterocycles. The highest BCUT2D eigenvalue weighted by atomic mass is 19.1. The molecular formula is C17H18FNO2. The smallest absolute Gasteiger partial charge is 0.255 e. The molecule has 4 heteroatoms. The molecule has 2 rings (SSSR count). The van der Waals surface area contributed by atoms with Crippen LogP contribution < -0.4 is 5.32 Å². The Labute approximate surface area is 123 Å². The first-order valence-electron chi connectivity index (χ1n) is 6.89. The zero-order chi connectivity index (χ0) is 15.2. The van der Waals surface area contributed by atoms with Crippen LogP contribution in [0.1, 0.15) is 29.3 Å². The Bertz CT molecular complexity index is 613. The summed E-state index contributed by atoms with van der Waals surface area (Å²) in [7, 11) is 0. The molecule has 3 nitrogen and oxygen atoms in total. The van der Waals surface area contributed by atoms with E-state index in [1.807, 2.05) is 37.3 Å². The van der Waals surface area contributed by atoms with Crippen molar-refractivity contribution >= 4 is 5.91 Å². The lowest BCUT2D eigenvalue weighted by Crippen LogP contribution is -2.33. The summed E-state index contributed by atoms with van der Waals surface area (Å²) in [6, 6.07) is 13.2. The molecule has 0 radical (unpaired) electrons. The van der Waals surface area contributed by atoms with Gasteiger partial charge in [0.2, 0.25) is 0 Å². The van der Waals surface area contributed by atoms with Crippen molar-refractivity contribution < 1.29 is 14.3 Å². The van der Waals surface area contributed by atoms with Gasteiger partial charge in [-0.25, -0.2) is 4.39 Å². The second-order valence-electron chi connectivity index (χ2n) is 5.06. The Morgan fingerprint density at radius 1 is 1.24 bits per heavy atom. The predicted molar refractivity (Wildman–Crippen MR) is 79.8 cm³/mol. The number of phenols is 1. The van der Waals surface area contributed by atoms with Crippen molar-refractivity contribution in [3.63, 3.8) is 0 Å². The fraction of sp³-hybridized carbons (Fsp3) is 0.235. The van der Waals surface area contributed by atoms with Gasteiger partial charge in [-0.05, 0) is 43.5 Å². The van der Waals surface area contributed by atoms with Crippen LogP contribution in [-0.4, -0.2) is 17.1 Å². The summed E-state index contributed by atoms with van der Waals surface area (Å²) in [4.78, 5) is 12.0. The van der Waals surface area contributed by atoms with Crippen LogP contribution >= 0.6 is 0 Å². The summed E-state index contributed by atoms with van der Waals surface area (Å²) in [6.45, 7) is 1.89. The minimum Gasteiger partial charge on any atom is -0.507 e. The fourth-order valence-corrected chi connectivity index (χ4v) is 2.09. The number of carbonyl (C=O) groups is 1. The molecule has 1 atom stereocenters. The first-order chi connectivity index (χ1) is 10.1. The molecule has 2 aromatic carbocycles. The lowest BCUT2D eigenvalue weighted by atomic mass is 10.1. The quantitative estimate of drug-likeness (QED) is 0.886. The highest BCUT2D eigenvalue weighted by Crippen LogP contribution is 2.18. The highest BCUT2D eigenvalue weighted by Gasteiger charge is 2.14. The first kappa shape index (κ1) is 15.0. The zero-order valence-corrected chi connectivity index (χ0v) is 11.8. The summed E-state index contributed by atoms with van der Waals surface area (Å²) in [5, 5.41) is 12.4. The first-order valence-corrected chi connectivity index (χ1v) is 6.89. The van der Waals surface area contributed by atoms with E-state index in [4.69, 9.17) is 0 Å². The van der Waals surface area contributed by atoms with Gasteiger partial charge in [-0.2, -0.15) is 0 Å². The monoisotopic (exact) mass is 287 g/mol. The Morgan fingerprint density at radius 3 is 2.67 bits per heavy atom. The third kappa shape index (κ3) is 4.31. The summed E-state index contributed by atoms with van der Waals surface area (Å²) in [5.74, 6) is -1.23. The molecule has 0 heterocycles. The van der Waals surface area contributed by atoms with E-state index in [1.165, 1.54) is 11.6 Å². The van der Waals surface area contributed by atoms with E-state index >= 15 is 0 Å². The van der Waals surface area contributed by atoms with E-state index in [0.29, 0.717) is 0 Å². The van der Waals surface area contributed by atoms with Crippen molar-refractivity contribution in [2.24, 2.45) is 0 Å². The second-order valence-corrected chi connectivity index (χ2v) is 5.06. The van der Waals surface area contributed by atoms with E-state index < -0.39 is 11.7 Å². The van der Waals surface area contributed by atoms with Crippen LogP contribution in [0.2, 0.25) is 0 Å². The molecule has 0 fully saturated rings.